The van der Waals surface area contributed by atoms with Crippen LogP contribution in [0.5, 0.6) is 0 Å². The Bertz CT molecular complexity index is 957. The number of nitrogens with one attached hydrogen (secondary N) is 1. The summed E-state index contributed by atoms with van der Waals surface area (Å²) in [4.78, 5) is 6.57. The van der Waals surface area contributed by atoms with Gasteiger partial charge in [-0.2, -0.15) is 18.2 Å². The van der Waals surface area contributed by atoms with E-state index in [0.717, 1.165) is 36.5 Å². The first-order valence-electron chi connectivity index (χ1n) is 9.11. The van der Waals surface area contributed by atoms with Crippen molar-refractivity contribution < 1.29 is 13.2 Å². The van der Waals surface area contributed by atoms with E-state index in [2.05, 4.69) is 32.4 Å². The molecule has 0 aliphatic carbocycles. The van der Waals surface area contributed by atoms with Crippen LogP contribution in [0.2, 0.25) is 0 Å². The summed E-state index contributed by atoms with van der Waals surface area (Å²) in [6.07, 6.45) is -0.473. The molecule has 0 spiro atoms. The van der Waals surface area contributed by atoms with E-state index in [1.165, 1.54) is 41.7 Å². The average molecular weight is 387 g/mol. The van der Waals surface area contributed by atoms with Crippen LogP contribution >= 0.6 is 0 Å². The molecule has 0 atom stereocenters. The lowest BCUT2D eigenvalue weighted by Crippen LogP contribution is -2.17. The Kier molecular flexibility index (Phi) is 4.70. The van der Waals surface area contributed by atoms with Crippen molar-refractivity contribution in [3.8, 4) is 5.69 Å². The maximum atomic E-state index is 12.7. The van der Waals surface area contributed by atoms with Gasteiger partial charge < -0.3 is 10.2 Å². The largest absolute Gasteiger partial charge is 0.416 e. The normalized spacial score (nSPS) is 14.5. The van der Waals surface area contributed by atoms with Gasteiger partial charge in [-0.25, -0.2) is 4.68 Å². The van der Waals surface area contributed by atoms with Crippen LogP contribution in [0.15, 0.2) is 48.8 Å². The second kappa shape index (κ2) is 7.18. The number of alkyl halides is 3. The first-order valence-corrected chi connectivity index (χ1v) is 9.11. The van der Waals surface area contributed by atoms with Crippen LogP contribution < -0.4 is 10.2 Å². The summed E-state index contributed by atoms with van der Waals surface area (Å²) in [5.74, 6) is 0.387. The highest BCUT2D eigenvalue weighted by Gasteiger charge is 2.30. The summed E-state index contributed by atoms with van der Waals surface area (Å²) in [6, 6.07) is 11.1. The molecule has 2 heterocycles. The van der Waals surface area contributed by atoms with Gasteiger partial charge in [0.05, 0.1) is 11.3 Å². The fraction of sp³-hybridized carbons (Fsp3) is 0.300. The van der Waals surface area contributed by atoms with Gasteiger partial charge in [-0.05, 0) is 67.8 Å². The van der Waals surface area contributed by atoms with Crippen LogP contribution in [0, 0.1) is 6.92 Å². The summed E-state index contributed by atoms with van der Waals surface area (Å²) in [5, 5.41) is 7.51. The third-order valence-electron chi connectivity index (χ3n) is 4.74. The lowest BCUT2D eigenvalue weighted by atomic mass is 10.2. The van der Waals surface area contributed by atoms with Crippen molar-refractivity contribution >= 4 is 17.3 Å². The third kappa shape index (κ3) is 3.95. The minimum absolute atomic E-state index is 0.387. The van der Waals surface area contributed by atoms with E-state index in [9.17, 15) is 13.2 Å². The fourth-order valence-electron chi connectivity index (χ4n) is 3.37. The summed E-state index contributed by atoms with van der Waals surface area (Å²) < 4.78 is 39.5. The van der Waals surface area contributed by atoms with Gasteiger partial charge >= 0.3 is 6.18 Å². The number of rotatable bonds is 4. The van der Waals surface area contributed by atoms with Gasteiger partial charge in [-0.1, -0.05) is 0 Å². The smallest absolute Gasteiger partial charge is 0.371 e. The van der Waals surface area contributed by atoms with Crippen molar-refractivity contribution in [2.45, 2.75) is 25.9 Å². The van der Waals surface area contributed by atoms with E-state index in [0.29, 0.717) is 11.6 Å². The summed E-state index contributed by atoms with van der Waals surface area (Å²) in [5.41, 5.74) is 3.00. The Balaban J connectivity index is 1.52. The van der Waals surface area contributed by atoms with Crippen molar-refractivity contribution in [1.82, 2.24) is 14.8 Å². The molecule has 1 N–H and O–H groups in total. The van der Waals surface area contributed by atoms with E-state index in [1.807, 2.05) is 13.0 Å². The Morgan fingerprint density at radius 1 is 0.964 bits per heavy atom. The molecular formula is C20H20F3N5. The van der Waals surface area contributed by atoms with Gasteiger partial charge in [-0.15, -0.1) is 5.10 Å². The third-order valence-corrected chi connectivity index (χ3v) is 4.74. The predicted molar refractivity (Wildman–Crippen MR) is 102 cm³/mol. The molecule has 1 saturated heterocycles. The molecule has 4 rings (SSSR count). The first kappa shape index (κ1) is 18.3. The van der Waals surface area contributed by atoms with Crippen molar-refractivity contribution in [2.24, 2.45) is 0 Å². The van der Waals surface area contributed by atoms with Crippen molar-refractivity contribution in [3.05, 3.63) is 59.9 Å². The van der Waals surface area contributed by atoms with E-state index in [4.69, 9.17) is 0 Å². The monoisotopic (exact) mass is 387 g/mol. The number of benzene rings is 2. The van der Waals surface area contributed by atoms with Crippen molar-refractivity contribution in [3.63, 3.8) is 0 Å². The highest BCUT2D eigenvalue weighted by Crippen LogP contribution is 2.30. The zero-order valence-electron chi connectivity index (χ0n) is 15.4. The van der Waals surface area contributed by atoms with E-state index in [1.54, 1.807) is 0 Å². The van der Waals surface area contributed by atoms with Gasteiger partial charge in [0.2, 0.25) is 5.95 Å². The zero-order valence-corrected chi connectivity index (χ0v) is 15.4. The molecule has 146 valence electrons. The molecule has 0 bridgehead atoms. The predicted octanol–water partition coefficient (Wildman–Crippen LogP) is 4.94. The number of anilines is 3. The second-order valence-corrected chi connectivity index (χ2v) is 6.93. The Morgan fingerprint density at radius 2 is 1.68 bits per heavy atom. The van der Waals surface area contributed by atoms with E-state index < -0.39 is 11.7 Å². The minimum atomic E-state index is -4.36. The minimum Gasteiger partial charge on any atom is -0.371 e. The standard InChI is InChI=1S/C20H20F3N5/c1-14-10-16(12-18(11-14)27-8-2-3-9-27)25-19-24-13-28(26-19)17-6-4-15(5-7-17)20(21,22)23/h4-7,10-13H,2-3,8-9H2,1H3,(H,25,26). The summed E-state index contributed by atoms with van der Waals surface area (Å²) >= 11 is 0. The molecule has 3 aromatic rings. The first-order chi connectivity index (χ1) is 13.4. The second-order valence-electron chi connectivity index (χ2n) is 6.93. The Hall–Kier alpha value is -3.03. The molecule has 2 aromatic carbocycles. The van der Waals surface area contributed by atoms with Gasteiger partial charge in [0, 0.05) is 24.5 Å². The van der Waals surface area contributed by atoms with Crippen LogP contribution in [-0.4, -0.2) is 27.9 Å². The lowest BCUT2D eigenvalue weighted by Gasteiger charge is -2.19. The number of hydrogen-bond acceptors (Lipinski definition) is 4. The number of aromatic nitrogens is 3. The van der Waals surface area contributed by atoms with E-state index in [-0.39, 0.29) is 0 Å². The number of halogens is 3. The number of aryl methyl sites for hydroxylation is 1. The Labute approximate surface area is 160 Å². The fourth-order valence-corrected chi connectivity index (χ4v) is 3.37. The molecule has 0 radical (unpaired) electrons. The molecule has 1 aliphatic heterocycles. The summed E-state index contributed by atoms with van der Waals surface area (Å²) in [7, 11) is 0. The molecular weight excluding hydrogens is 367 g/mol. The van der Waals surface area contributed by atoms with Crippen molar-refractivity contribution in [1.29, 1.82) is 0 Å². The highest BCUT2D eigenvalue weighted by atomic mass is 19.4. The topological polar surface area (TPSA) is 46.0 Å². The lowest BCUT2D eigenvalue weighted by molar-refractivity contribution is -0.137. The van der Waals surface area contributed by atoms with Crippen LogP contribution in [0.3, 0.4) is 0 Å². The molecule has 28 heavy (non-hydrogen) atoms. The SMILES string of the molecule is Cc1cc(Nc2ncn(-c3ccc(C(F)(F)F)cc3)n2)cc(N2CCCC2)c1. The molecule has 1 aromatic heterocycles. The molecule has 8 heteroatoms. The molecule has 0 amide bonds. The maximum Gasteiger partial charge on any atom is 0.416 e. The molecule has 0 saturated carbocycles. The molecule has 1 aliphatic rings. The van der Waals surface area contributed by atoms with Crippen LogP contribution in [0.4, 0.5) is 30.5 Å². The van der Waals surface area contributed by atoms with Crippen LogP contribution in [0.1, 0.15) is 24.0 Å². The number of nitrogens with zero attached hydrogens (tertiary/aromatic N) is 4. The maximum absolute atomic E-state index is 12.7. The van der Waals surface area contributed by atoms with Gasteiger partial charge in [0.25, 0.3) is 0 Å². The van der Waals surface area contributed by atoms with Crippen LogP contribution in [0.25, 0.3) is 5.69 Å². The zero-order chi connectivity index (χ0) is 19.7. The van der Waals surface area contributed by atoms with E-state index >= 15 is 0 Å². The van der Waals surface area contributed by atoms with Gasteiger partial charge in [0.1, 0.15) is 6.33 Å². The van der Waals surface area contributed by atoms with Gasteiger partial charge in [0.15, 0.2) is 0 Å². The quantitative estimate of drug-likeness (QED) is 0.689. The van der Waals surface area contributed by atoms with Gasteiger partial charge in [-0.3, -0.25) is 0 Å². The molecule has 5 nitrogen and oxygen atoms in total. The summed E-state index contributed by atoms with van der Waals surface area (Å²) in [6.45, 7) is 4.16. The van der Waals surface area contributed by atoms with Crippen LogP contribution in [-0.2, 0) is 6.18 Å². The number of hydrogen-bond donors (Lipinski definition) is 1. The molecule has 1 fully saturated rings. The van der Waals surface area contributed by atoms with Crippen molar-refractivity contribution in [2.75, 3.05) is 23.3 Å². The highest BCUT2D eigenvalue weighted by molar-refractivity contribution is 5.64. The Morgan fingerprint density at radius 3 is 2.36 bits per heavy atom. The molecule has 0 unspecified atom stereocenters. The average Bonchev–Trinajstić information content (AvgIpc) is 3.33.